The summed E-state index contributed by atoms with van der Waals surface area (Å²) >= 11 is 0. The summed E-state index contributed by atoms with van der Waals surface area (Å²) in [4.78, 5) is 0. The highest BCUT2D eigenvalue weighted by molar-refractivity contribution is 5.86. The normalized spacial score (nSPS) is 13.8. The molecular formula is C25H17FO. The number of hydrogen-bond donors (Lipinski definition) is 1. The molecule has 2 heteroatoms. The van der Waals surface area contributed by atoms with E-state index in [4.69, 9.17) is 0 Å². The highest BCUT2D eigenvalue weighted by Gasteiger charge is 2.45. The highest BCUT2D eigenvalue weighted by Crippen LogP contribution is 2.55. The summed E-state index contributed by atoms with van der Waals surface area (Å²) in [7, 11) is 0. The molecule has 4 aromatic carbocycles. The lowest BCUT2D eigenvalue weighted by Crippen LogP contribution is -2.28. The molecule has 0 saturated carbocycles. The topological polar surface area (TPSA) is 20.2 Å². The Morgan fingerprint density at radius 1 is 0.556 bits per heavy atom. The fourth-order valence-electron chi connectivity index (χ4n) is 4.44. The van der Waals surface area contributed by atoms with Gasteiger partial charge in [0.15, 0.2) is 0 Å². The van der Waals surface area contributed by atoms with E-state index in [0.29, 0.717) is 0 Å². The molecule has 1 N–H and O–H groups in total. The maximum atomic E-state index is 13.7. The van der Waals surface area contributed by atoms with Crippen molar-refractivity contribution in [2.45, 2.75) is 5.41 Å². The molecule has 27 heavy (non-hydrogen) atoms. The van der Waals surface area contributed by atoms with Crippen molar-refractivity contribution >= 4 is 0 Å². The molecule has 1 nitrogen and oxygen atoms in total. The van der Waals surface area contributed by atoms with Crippen molar-refractivity contribution in [3.8, 4) is 16.9 Å². The highest BCUT2D eigenvalue weighted by atomic mass is 19.1. The van der Waals surface area contributed by atoms with E-state index in [1.54, 1.807) is 12.1 Å². The van der Waals surface area contributed by atoms with Crippen LogP contribution < -0.4 is 0 Å². The van der Waals surface area contributed by atoms with Gasteiger partial charge in [-0.15, -0.1) is 0 Å². The molecule has 0 bridgehead atoms. The lowest BCUT2D eigenvalue weighted by atomic mass is 9.68. The first-order chi connectivity index (χ1) is 13.2. The molecule has 1 aliphatic rings. The third-order valence-electron chi connectivity index (χ3n) is 5.53. The van der Waals surface area contributed by atoms with Crippen molar-refractivity contribution in [1.29, 1.82) is 0 Å². The maximum absolute atomic E-state index is 13.7. The van der Waals surface area contributed by atoms with Crippen molar-refractivity contribution in [2.75, 3.05) is 0 Å². The number of halogens is 1. The standard InChI is InChI=1S/C25H17FO/c26-19-13-9-17(10-14-19)25(18-11-15-20(27)16-12-18)23-7-3-1-5-21(23)22-6-2-4-8-24(22)25/h1-16,27H. The molecule has 0 saturated heterocycles. The van der Waals surface area contributed by atoms with Crippen LogP contribution in [0.2, 0.25) is 0 Å². The van der Waals surface area contributed by atoms with Gasteiger partial charge in [-0.05, 0) is 57.6 Å². The van der Waals surface area contributed by atoms with Gasteiger partial charge in [-0.3, -0.25) is 0 Å². The van der Waals surface area contributed by atoms with Gasteiger partial charge >= 0.3 is 0 Å². The van der Waals surface area contributed by atoms with Crippen molar-refractivity contribution in [1.82, 2.24) is 0 Å². The van der Waals surface area contributed by atoms with Gasteiger partial charge in [0.1, 0.15) is 11.6 Å². The van der Waals surface area contributed by atoms with Gasteiger partial charge < -0.3 is 5.11 Å². The number of phenolic OH excluding ortho intramolecular Hbond substituents is 1. The Bertz CT molecular complexity index is 1030. The Morgan fingerprint density at radius 3 is 1.52 bits per heavy atom. The fourth-order valence-corrected chi connectivity index (χ4v) is 4.44. The minimum absolute atomic E-state index is 0.229. The van der Waals surface area contributed by atoms with E-state index in [1.807, 2.05) is 48.5 Å². The first kappa shape index (κ1) is 15.8. The van der Waals surface area contributed by atoms with Crippen molar-refractivity contribution in [2.24, 2.45) is 0 Å². The van der Waals surface area contributed by atoms with Crippen LogP contribution >= 0.6 is 0 Å². The van der Waals surface area contributed by atoms with E-state index in [1.165, 1.54) is 34.4 Å². The van der Waals surface area contributed by atoms with Gasteiger partial charge in [-0.2, -0.15) is 0 Å². The summed E-state index contributed by atoms with van der Waals surface area (Å²) in [6.45, 7) is 0. The molecule has 0 fully saturated rings. The summed E-state index contributed by atoms with van der Waals surface area (Å²) in [6, 6.07) is 30.8. The smallest absolute Gasteiger partial charge is 0.123 e. The van der Waals surface area contributed by atoms with Crippen LogP contribution in [-0.2, 0) is 5.41 Å². The van der Waals surface area contributed by atoms with Gasteiger partial charge in [-0.25, -0.2) is 4.39 Å². The van der Waals surface area contributed by atoms with Crippen molar-refractivity contribution in [3.63, 3.8) is 0 Å². The molecule has 130 valence electrons. The molecule has 0 amide bonds. The zero-order valence-corrected chi connectivity index (χ0v) is 14.6. The van der Waals surface area contributed by atoms with E-state index in [-0.39, 0.29) is 11.6 Å². The molecule has 0 atom stereocenters. The summed E-state index contributed by atoms with van der Waals surface area (Å²) in [5, 5.41) is 9.83. The Kier molecular flexibility index (Phi) is 3.41. The van der Waals surface area contributed by atoms with Crippen LogP contribution in [0.4, 0.5) is 4.39 Å². The van der Waals surface area contributed by atoms with Crippen molar-refractivity contribution < 1.29 is 9.50 Å². The second-order valence-corrected chi connectivity index (χ2v) is 6.89. The largest absolute Gasteiger partial charge is 0.508 e. The van der Waals surface area contributed by atoms with Gasteiger partial charge in [0.05, 0.1) is 5.41 Å². The molecule has 0 unspecified atom stereocenters. The molecule has 1 aliphatic carbocycles. The average Bonchev–Trinajstić information content (AvgIpc) is 3.01. The minimum Gasteiger partial charge on any atom is -0.508 e. The number of hydrogen-bond acceptors (Lipinski definition) is 1. The van der Waals surface area contributed by atoms with Crippen LogP contribution in [0.5, 0.6) is 5.75 Å². The number of benzene rings is 4. The predicted molar refractivity (Wildman–Crippen MR) is 105 cm³/mol. The van der Waals surface area contributed by atoms with Gasteiger partial charge in [0.2, 0.25) is 0 Å². The summed E-state index contributed by atoms with van der Waals surface area (Å²) < 4.78 is 13.7. The first-order valence-electron chi connectivity index (χ1n) is 8.96. The molecule has 5 rings (SSSR count). The zero-order valence-electron chi connectivity index (χ0n) is 14.6. The van der Waals surface area contributed by atoms with Crippen LogP contribution in [0.15, 0.2) is 97.1 Å². The Balaban J connectivity index is 1.94. The average molecular weight is 352 g/mol. The predicted octanol–water partition coefficient (Wildman–Crippen LogP) is 5.89. The molecule has 4 aromatic rings. The van der Waals surface area contributed by atoms with E-state index in [2.05, 4.69) is 24.3 Å². The lowest BCUT2D eigenvalue weighted by Gasteiger charge is -2.33. The monoisotopic (exact) mass is 352 g/mol. The number of phenols is 1. The summed E-state index contributed by atoms with van der Waals surface area (Å²) in [5.74, 6) is -0.0215. The summed E-state index contributed by atoms with van der Waals surface area (Å²) in [6.07, 6.45) is 0. The number of rotatable bonds is 2. The van der Waals surface area contributed by atoms with E-state index in [0.717, 1.165) is 11.1 Å². The first-order valence-corrected chi connectivity index (χ1v) is 8.96. The Morgan fingerprint density at radius 2 is 1.00 bits per heavy atom. The van der Waals surface area contributed by atoms with Crippen LogP contribution in [-0.4, -0.2) is 5.11 Å². The van der Waals surface area contributed by atoms with Gasteiger partial charge in [0.25, 0.3) is 0 Å². The second-order valence-electron chi connectivity index (χ2n) is 6.89. The van der Waals surface area contributed by atoms with Crippen LogP contribution in [0.3, 0.4) is 0 Å². The molecule has 0 spiro atoms. The van der Waals surface area contributed by atoms with Crippen LogP contribution in [0, 0.1) is 5.82 Å². The molecule has 0 aliphatic heterocycles. The second kappa shape index (κ2) is 5.82. The number of fused-ring (bicyclic) bond motifs is 3. The van der Waals surface area contributed by atoms with Gasteiger partial charge in [-0.1, -0.05) is 72.8 Å². The third kappa shape index (κ3) is 2.16. The number of aromatic hydroxyl groups is 1. The lowest BCUT2D eigenvalue weighted by molar-refractivity contribution is 0.475. The molecule has 0 aromatic heterocycles. The quantitative estimate of drug-likeness (QED) is 0.420. The van der Waals surface area contributed by atoms with Gasteiger partial charge in [0, 0.05) is 0 Å². The molecular weight excluding hydrogens is 335 g/mol. The van der Waals surface area contributed by atoms with E-state index < -0.39 is 5.41 Å². The van der Waals surface area contributed by atoms with Crippen molar-refractivity contribution in [3.05, 3.63) is 125 Å². The molecule has 0 heterocycles. The molecule has 0 radical (unpaired) electrons. The third-order valence-corrected chi connectivity index (χ3v) is 5.53. The van der Waals surface area contributed by atoms with E-state index in [9.17, 15) is 9.50 Å². The van der Waals surface area contributed by atoms with Crippen LogP contribution in [0.1, 0.15) is 22.3 Å². The zero-order chi connectivity index (χ0) is 18.4. The maximum Gasteiger partial charge on any atom is 0.123 e. The van der Waals surface area contributed by atoms with Crippen LogP contribution in [0.25, 0.3) is 11.1 Å². The SMILES string of the molecule is Oc1ccc(C2(c3ccc(F)cc3)c3ccccc3-c3ccccc32)cc1. The van der Waals surface area contributed by atoms with E-state index >= 15 is 0 Å². The Labute approximate surface area is 157 Å². The minimum atomic E-state index is -0.547. The Hall–Kier alpha value is -3.39. The fraction of sp³-hybridized carbons (Fsp3) is 0.0400. The summed E-state index contributed by atoms with van der Waals surface area (Å²) in [5.41, 5.74) is 6.22.